The summed E-state index contributed by atoms with van der Waals surface area (Å²) in [5.74, 6) is 1.52. The van der Waals surface area contributed by atoms with E-state index < -0.39 is 5.41 Å². The maximum absolute atomic E-state index is 13.3. The number of halogens is 1. The van der Waals surface area contributed by atoms with Gasteiger partial charge in [-0.25, -0.2) is 0 Å². The molecule has 1 saturated carbocycles. The predicted molar refractivity (Wildman–Crippen MR) is 109 cm³/mol. The van der Waals surface area contributed by atoms with Crippen molar-refractivity contribution in [1.29, 1.82) is 0 Å². The van der Waals surface area contributed by atoms with Gasteiger partial charge in [-0.1, -0.05) is 40.9 Å². The lowest BCUT2D eigenvalue weighted by Gasteiger charge is -2.28. The van der Waals surface area contributed by atoms with Crippen LogP contribution < -0.4 is 19.5 Å². The van der Waals surface area contributed by atoms with Crippen LogP contribution >= 0.6 is 15.9 Å². The molecule has 0 bridgehead atoms. The van der Waals surface area contributed by atoms with Crippen LogP contribution in [0.15, 0.2) is 40.9 Å². The van der Waals surface area contributed by atoms with Gasteiger partial charge in [0.25, 0.3) is 0 Å². The maximum Gasteiger partial charge on any atom is 0.235 e. The molecule has 0 aliphatic heterocycles. The first-order chi connectivity index (χ1) is 13.0. The molecule has 2 aromatic rings. The van der Waals surface area contributed by atoms with Gasteiger partial charge in [0, 0.05) is 22.3 Å². The van der Waals surface area contributed by atoms with Crippen LogP contribution in [0.5, 0.6) is 17.2 Å². The average molecular weight is 434 g/mol. The Morgan fingerprint density at radius 3 is 2.00 bits per heavy atom. The fourth-order valence-corrected chi connectivity index (χ4v) is 4.06. The highest BCUT2D eigenvalue weighted by molar-refractivity contribution is 9.10. The summed E-state index contributed by atoms with van der Waals surface area (Å²) < 4.78 is 17.1. The molecule has 144 valence electrons. The SMILES string of the molecule is COc1cc(NC(=O)C2(c3ccc(Br)cc3)CCCC2)cc(OC)c1OC. The molecule has 1 fully saturated rings. The van der Waals surface area contributed by atoms with Crippen LogP contribution in [-0.2, 0) is 10.2 Å². The fraction of sp³-hybridized carbons (Fsp3) is 0.381. The van der Waals surface area contributed by atoms with Crippen LogP contribution in [-0.4, -0.2) is 27.2 Å². The third-order valence-electron chi connectivity index (χ3n) is 5.21. The fourth-order valence-electron chi connectivity index (χ4n) is 3.80. The highest BCUT2D eigenvalue weighted by Crippen LogP contribution is 2.44. The molecule has 6 heteroatoms. The number of carbonyl (C=O) groups is 1. The normalized spacial score (nSPS) is 15.3. The summed E-state index contributed by atoms with van der Waals surface area (Å²) in [4.78, 5) is 13.3. The minimum absolute atomic E-state index is 0.00315. The number of benzene rings is 2. The molecule has 27 heavy (non-hydrogen) atoms. The van der Waals surface area contributed by atoms with Gasteiger partial charge in [0.15, 0.2) is 11.5 Å². The molecular formula is C21H24BrNO4. The Morgan fingerprint density at radius 2 is 1.52 bits per heavy atom. The smallest absolute Gasteiger partial charge is 0.235 e. The predicted octanol–water partition coefficient (Wildman–Crippen LogP) is 4.93. The summed E-state index contributed by atoms with van der Waals surface area (Å²) in [6.45, 7) is 0. The number of hydrogen-bond acceptors (Lipinski definition) is 4. The summed E-state index contributed by atoms with van der Waals surface area (Å²) >= 11 is 3.47. The summed E-state index contributed by atoms with van der Waals surface area (Å²) in [5, 5.41) is 3.07. The van der Waals surface area contributed by atoms with Crippen LogP contribution in [0.1, 0.15) is 31.2 Å². The van der Waals surface area contributed by atoms with Crippen molar-refractivity contribution < 1.29 is 19.0 Å². The van der Waals surface area contributed by atoms with E-state index >= 15 is 0 Å². The number of anilines is 1. The van der Waals surface area contributed by atoms with Gasteiger partial charge in [-0.05, 0) is 30.5 Å². The van der Waals surface area contributed by atoms with E-state index in [1.807, 2.05) is 24.3 Å². The van der Waals surface area contributed by atoms with E-state index in [2.05, 4.69) is 21.2 Å². The van der Waals surface area contributed by atoms with Gasteiger partial charge in [0.05, 0.1) is 26.7 Å². The van der Waals surface area contributed by atoms with E-state index in [-0.39, 0.29) is 5.91 Å². The molecular weight excluding hydrogens is 410 g/mol. The highest BCUT2D eigenvalue weighted by atomic mass is 79.9. The molecule has 0 saturated heterocycles. The topological polar surface area (TPSA) is 56.8 Å². The van der Waals surface area contributed by atoms with Crippen LogP contribution in [0.25, 0.3) is 0 Å². The third-order valence-corrected chi connectivity index (χ3v) is 5.74. The highest BCUT2D eigenvalue weighted by Gasteiger charge is 2.42. The number of nitrogens with one attached hydrogen (secondary N) is 1. The van der Waals surface area contributed by atoms with E-state index in [0.717, 1.165) is 35.7 Å². The van der Waals surface area contributed by atoms with E-state index in [9.17, 15) is 4.79 Å². The summed E-state index contributed by atoms with van der Waals surface area (Å²) in [6.07, 6.45) is 3.76. The first-order valence-electron chi connectivity index (χ1n) is 8.91. The lowest BCUT2D eigenvalue weighted by molar-refractivity contribution is -0.121. The van der Waals surface area contributed by atoms with E-state index in [4.69, 9.17) is 14.2 Å². The van der Waals surface area contributed by atoms with Crippen molar-refractivity contribution in [1.82, 2.24) is 0 Å². The molecule has 0 spiro atoms. The minimum Gasteiger partial charge on any atom is -0.493 e. The van der Waals surface area contributed by atoms with E-state index in [1.54, 1.807) is 33.5 Å². The molecule has 3 rings (SSSR count). The molecule has 0 atom stereocenters. The van der Waals surface area contributed by atoms with Crippen molar-refractivity contribution in [3.63, 3.8) is 0 Å². The molecule has 0 heterocycles. The van der Waals surface area contributed by atoms with Crippen LogP contribution in [0.3, 0.4) is 0 Å². The lowest BCUT2D eigenvalue weighted by Crippen LogP contribution is -2.38. The number of hydrogen-bond donors (Lipinski definition) is 1. The quantitative estimate of drug-likeness (QED) is 0.701. The van der Waals surface area contributed by atoms with Gasteiger partial charge < -0.3 is 19.5 Å². The van der Waals surface area contributed by atoms with Gasteiger partial charge in [-0.2, -0.15) is 0 Å². The molecule has 0 aromatic heterocycles. The standard InChI is InChI=1S/C21H24BrNO4/c1-25-17-12-16(13-18(26-2)19(17)27-3)23-20(24)21(10-4-5-11-21)14-6-8-15(22)9-7-14/h6-9,12-13H,4-5,10-11H2,1-3H3,(H,23,24). The number of carbonyl (C=O) groups excluding carboxylic acids is 1. The van der Waals surface area contributed by atoms with Crippen molar-refractivity contribution in [2.45, 2.75) is 31.1 Å². The number of ether oxygens (including phenoxy) is 3. The van der Waals surface area contributed by atoms with Crippen LogP contribution in [0, 0.1) is 0 Å². The second-order valence-electron chi connectivity index (χ2n) is 6.66. The van der Waals surface area contributed by atoms with Gasteiger partial charge >= 0.3 is 0 Å². The van der Waals surface area contributed by atoms with Gasteiger partial charge in [0.1, 0.15) is 0 Å². The third kappa shape index (κ3) is 3.76. The zero-order chi connectivity index (χ0) is 19.4. The van der Waals surface area contributed by atoms with E-state index in [0.29, 0.717) is 22.9 Å². The Balaban J connectivity index is 1.94. The summed E-state index contributed by atoms with van der Waals surface area (Å²) in [5.41, 5.74) is 1.16. The van der Waals surface area contributed by atoms with Crippen molar-refractivity contribution in [2.24, 2.45) is 0 Å². The molecule has 1 aliphatic rings. The molecule has 1 amide bonds. The largest absolute Gasteiger partial charge is 0.493 e. The lowest BCUT2D eigenvalue weighted by atomic mass is 9.78. The monoisotopic (exact) mass is 433 g/mol. The Morgan fingerprint density at radius 1 is 0.963 bits per heavy atom. The number of amides is 1. The molecule has 1 aliphatic carbocycles. The first kappa shape index (κ1) is 19.5. The second-order valence-corrected chi connectivity index (χ2v) is 7.58. The zero-order valence-corrected chi connectivity index (χ0v) is 17.4. The zero-order valence-electron chi connectivity index (χ0n) is 15.8. The van der Waals surface area contributed by atoms with Gasteiger partial charge in [-0.3, -0.25) is 4.79 Å². The Hall–Kier alpha value is -2.21. The summed E-state index contributed by atoms with van der Waals surface area (Å²) in [6, 6.07) is 11.5. The second kappa shape index (κ2) is 8.21. The van der Waals surface area contributed by atoms with Crippen LogP contribution in [0.2, 0.25) is 0 Å². The van der Waals surface area contributed by atoms with Crippen LogP contribution in [0.4, 0.5) is 5.69 Å². The number of rotatable bonds is 6. The molecule has 5 nitrogen and oxygen atoms in total. The molecule has 2 aromatic carbocycles. The van der Waals surface area contributed by atoms with Crippen molar-refractivity contribution in [3.05, 3.63) is 46.4 Å². The van der Waals surface area contributed by atoms with Gasteiger partial charge in [0.2, 0.25) is 11.7 Å². The Labute approximate surface area is 168 Å². The van der Waals surface area contributed by atoms with Gasteiger partial charge in [-0.15, -0.1) is 0 Å². The van der Waals surface area contributed by atoms with Crippen molar-refractivity contribution in [2.75, 3.05) is 26.6 Å². The molecule has 1 N–H and O–H groups in total. The van der Waals surface area contributed by atoms with Crippen molar-refractivity contribution in [3.8, 4) is 17.2 Å². The Bertz CT molecular complexity index is 788. The maximum atomic E-state index is 13.3. The summed E-state index contributed by atoms with van der Waals surface area (Å²) in [7, 11) is 4.67. The molecule has 0 unspecified atom stereocenters. The first-order valence-corrected chi connectivity index (χ1v) is 9.71. The Kier molecular flexibility index (Phi) is 5.95. The average Bonchev–Trinajstić information content (AvgIpc) is 3.18. The van der Waals surface area contributed by atoms with E-state index in [1.165, 1.54) is 0 Å². The molecule has 0 radical (unpaired) electrons. The number of methoxy groups -OCH3 is 3. The van der Waals surface area contributed by atoms with Crippen molar-refractivity contribution >= 4 is 27.5 Å². The minimum atomic E-state index is -0.513.